The van der Waals surface area contributed by atoms with Gasteiger partial charge in [0.1, 0.15) is 0 Å². The molecule has 4 unspecified atom stereocenters. The van der Waals surface area contributed by atoms with Crippen LogP contribution in [0.15, 0.2) is 0 Å². The Hall–Kier alpha value is -1.10. The van der Waals surface area contributed by atoms with E-state index in [1.54, 1.807) is 6.92 Å². The van der Waals surface area contributed by atoms with E-state index in [4.69, 9.17) is 5.11 Å². The van der Waals surface area contributed by atoms with Crippen LogP contribution in [-0.4, -0.2) is 35.6 Å². The molecule has 2 saturated heterocycles. The molecule has 0 aromatic carbocycles. The highest BCUT2D eigenvalue weighted by molar-refractivity contribution is 5.80. The second-order valence-corrected chi connectivity index (χ2v) is 5.21. The maximum Gasteiger partial charge on any atom is 0.306 e. The number of nitrogens with one attached hydrogen (secondary N) is 2. The molecule has 0 spiro atoms. The first-order valence-electron chi connectivity index (χ1n) is 6.34. The summed E-state index contributed by atoms with van der Waals surface area (Å²) >= 11 is 0. The number of carbonyl (C=O) groups is 2. The van der Waals surface area contributed by atoms with Gasteiger partial charge >= 0.3 is 5.97 Å². The first-order chi connectivity index (χ1) is 8.08. The molecule has 96 valence electrons. The molecule has 3 N–H and O–H groups in total. The van der Waals surface area contributed by atoms with Crippen molar-refractivity contribution in [2.45, 2.75) is 44.7 Å². The molecule has 0 aromatic heterocycles. The zero-order valence-corrected chi connectivity index (χ0v) is 10.1. The van der Waals surface area contributed by atoms with Gasteiger partial charge in [0.05, 0.1) is 11.8 Å². The second-order valence-electron chi connectivity index (χ2n) is 5.21. The molecular formula is C12H20N2O3. The van der Waals surface area contributed by atoms with Crippen molar-refractivity contribution in [3.8, 4) is 0 Å². The van der Waals surface area contributed by atoms with E-state index < -0.39 is 11.9 Å². The number of fused-ring (bicyclic) bond motifs is 2. The fraction of sp³-hybridized carbons (Fsp3) is 0.833. The Morgan fingerprint density at radius 1 is 1.47 bits per heavy atom. The predicted octanol–water partition coefficient (Wildman–Crippen LogP) is 0.354. The molecule has 0 saturated carbocycles. The van der Waals surface area contributed by atoms with Gasteiger partial charge in [0.25, 0.3) is 0 Å². The number of rotatable bonds is 5. The Morgan fingerprint density at radius 2 is 2.24 bits per heavy atom. The van der Waals surface area contributed by atoms with Crippen molar-refractivity contribution in [2.24, 2.45) is 11.8 Å². The van der Waals surface area contributed by atoms with Crippen LogP contribution in [0.3, 0.4) is 0 Å². The number of carboxylic acid groups (broad SMARTS) is 1. The summed E-state index contributed by atoms with van der Waals surface area (Å²) in [6.45, 7) is 2.12. The quantitative estimate of drug-likeness (QED) is 0.648. The van der Waals surface area contributed by atoms with E-state index in [1.165, 1.54) is 6.42 Å². The normalized spacial score (nSPS) is 32.4. The largest absolute Gasteiger partial charge is 0.481 e. The molecule has 2 bridgehead atoms. The number of aliphatic carboxylic acids is 1. The van der Waals surface area contributed by atoms with Crippen molar-refractivity contribution < 1.29 is 14.7 Å². The maximum absolute atomic E-state index is 11.9. The van der Waals surface area contributed by atoms with Crippen molar-refractivity contribution in [1.29, 1.82) is 0 Å². The minimum atomic E-state index is -0.805. The number of hydrogen-bond acceptors (Lipinski definition) is 3. The van der Waals surface area contributed by atoms with E-state index in [0.717, 1.165) is 12.8 Å². The van der Waals surface area contributed by atoms with E-state index >= 15 is 0 Å². The fourth-order valence-electron chi connectivity index (χ4n) is 2.78. The number of amides is 1. The average Bonchev–Trinajstić information content (AvgIpc) is 2.90. The van der Waals surface area contributed by atoms with Gasteiger partial charge in [-0.1, -0.05) is 6.92 Å². The van der Waals surface area contributed by atoms with Crippen LogP contribution in [0.1, 0.15) is 32.6 Å². The Morgan fingerprint density at radius 3 is 2.76 bits per heavy atom. The van der Waals surface area contributed by atoms with Gasteiger partial charge in [0, 0.05) is 18.6 Å². The third-order valence-corrected chi connectivity index (χ3v) is 3.93. The van der Waals surface area contributed by atoms with Crippen molar-refractivity contribution in [3.63, 3.8) is 0 Å². The Bertz CT molecular complexity index is 319. The summed E-state index contributed by atoms with van der Waals surface area (Å²) in [7, 11) is 0. The summed E-state index contributed by atoms with van der Waals surface area (Å²) in [4.78, 5) is 22.5. The molecule has 0 aromatic rings. The third kappa shape index (κ3) is 2.77. The van der Waals surface area contributed by atoms with Crippen molar-refractivity contribution in [3.05, 3.63) is 0 Å². The smallest absolute Gasteiger partial charge is 0.306 e. The van der Waals surface area contributed by atoms with E-state index in [0.29, 0.717) is 25.0 Å². The first-order valence-corrected chi connectivity index (χ1v) is 6.34. The maximum atomic E-state index is 11.9. The molecule has 2 aliphatic rings. The van der Waals surface area contributed by atoms with Crippen molar-refractivity contribution in [2.75, 3.05) is 6.54 Å². The molecule has 4 atom stereocenters. The molecule has 2 aliphatic heterocycles. The second kappa shape index (κ2) is 5.04. The lowest BCUT2D eigenvalue weighted by Crippen LogP contribution is -2.38. The molecule has 0 radical (unpaired) electrons. The van der Waals surface area contributed by atoms with Gasteiger partial charge in [-0.15, -0.1) is 0 Å². The van der Waals surface area contributed by atoms with E-state index in [9.17, 15) is 9.59 Å². The van der Waals surface area contributed by atoms with E-state index in [2.05, 4.69) is 10.6 Å². The molecule has 2 heterocycles. The number of carboxylic acids is 1. The monoisotopic (exact) mass is 240 g/mol. The summed E-state index contributed by atoms with van der Waals surface area (Å²) in [6, 6.07) is 0.866. The van der Waals surface area contributed by atoms with Crippen LogP contribution in [0.2, 0.25) is 0 Å². The summed E-state index contributed by atoms with van der Waals surface area (Å²) in [5.41, 5.74) is 0. The summed E-state index contributed by atoms with van der Waals surface area (Å²) in [5, 5.41) is 15.0. The highest BCUT2D eigenvalue weighted by atomic mass is 16.4. The highest BCUT2D eigenvalue weighted by Gasteiger charge is 2.42. The molecular weight excluding hydrogens is 220 g/mol. The van der Waals surface area contributed by atoms with Crippen LogP contribution in [0.25, 0.3) is 0 Å². The molecule has 2 fully saturated rings. The molecule has 5 nitrogen and oxygen atoms in total. The first kappa shape index (κ1) is 12.4. The lowest BCUT2D eigenvalue weighted by atomic mass is 9.88. The standard InChI is InChI=1S/C12H20N2O3/c1-7(12(16)17)4-5-13-11(15)9-6-8-2-3-10(9)14-8/h7-10,14H,2-6H2,1H3,(H,13,15)(H,16,17). The van der Waals surface area contributed by atoms with Gasteiger partial charge in [-0.25, -0.2) is 0 Å². The topological polar surface area (TPSA) is 78.4 Å². The van der Waals surface area contributed by atoms with Crippen molar-refractivity contribution >= 4 is 11.9 Å². The summed E-state index contributed by atoms with van der Waals surface area (Å²) in [5.74, 6) is -1.02. The minimum absolute atomic E-state index is 0.0855. The van der Waals surface area contributed by atoms with Crippen LogP contribution in [0, 0.1) is 11.8 Å². The Labute approximate surface area is 101 Å². The zero-order valence-electron chi connectivity index (χ0n) is 10.1. The predicted molar refractivity (Wildman–Crippen MR) is 62.5 cm³/mol. The average molecular weight is 240 g/mol. The van der Waals surface area contributed by atoms with Crippen LogP contribution < -0.4 is 10.6 Å². The van der Waals surface area contributed by atoms with E-state index in [-0.39, 0.29) is 11.8 Å². The molecule has 0 aliphatic carbocycles. The van der Waals surface area contributed by atoms with Crippen LogP contribution in [0.4, 0.5) is 0 Å². The molecule has 5 heteroatoms. The molecule has 2 rings (SSSR count). The molecule has 17 heavy (non-hydrogen) atoms. The minimum Gasteiger partial charge on any atom is -0.481 e. The number of carbonyl (C=O) groups excluding carboxylic acids is 1. The van der Waals surface area contributed by atoms with Gasteiger partial charge in [0.15, 0.2) is 0 Å². The van der Waals surface area contributed by atoms with Crippen molar-refractivity contribution in [1.82, 2.24) is 10.6 Å². The van der Waals surface area contributed by atoms with Crippen LogP contribution in [-0.2, 0) is 9.59 Å². The van der Waals surface area contributed by atoms with Gasteiger partial charge in [-0.05, 0) is 25.7 Å². The summed E-state index contributed by atoms with van der Waals surface area (Å²) in [6.07, 6.45) is 3.71. The van der Waals surface area contributed by atoms with Gasteiger partial charge in [-0.2, -0.15) is 0 Å². The lowest BCUT2D eigenvalue weighted by Gasteiger charge is -2.19. The third-order valence-electron chi connectivity index (χ3n) is 3.93. The molecule has 1 amide bonds. The van der Waals surface area contributed by atoms with E-state index in [1.807, 2.05) is 0 Å². The Kier molecular flexibility index (Phi) is 3.66. The Balaban J connectivity index is 1.69. The lowest BCUT2D eigenvalue weighted by molar-refractivity contribution is -0.141. The number of hydrogen-bond donors (Lipinski definition) is 3. The van der Waals surface area contributed by atoms with Gasteiger partial charge in [-0.3, -0.25) is 9.59 Å². The zero-order chi connectivity index (χ0) is 12.4. The van der Waals surface area contributed by atoms with Crippen LogP contribution >= 0.6 is 0 Å². The SMILES string of the molecule is CC(CCNC(=O)C1CC2CCC1N2)C(=O)O. The highest BCUT2D eigenvalue weighted by Crippen LogP contribution is 2.33. The van der Waals surface area contributed by atoms with Gasteiger partial charge < -0.3 is 15.7 Å². The van der Waals surface area contributed by atoms with Crippen LogP contribution in [0.5, 0.6) is 0 Å². The van der Waals surface area contributed by atoms with Gasteiger partial charge in [0.2, 0.25) is 5.91 Å². The summed E-state index contributed by atoms with van der Waals surface area (Å²) < 4.78 is 0. The fourth-order valence-corrected chi connectivity index (χ4v) is 2.78.